The molecule has 2 aromatic carbocycles. The maximum atomic E-state index is 12.7. The average molecular weight is 405 g/mol. The van der Waals surface area contributed by atoms with Crippen LogP contribution in [0.15, 0.2) is 48.5 Å². The van der Waals surface area contributed by atoms with Crippen LogP contribution in [0.2, 0.25) is 0 Å². The van der Waals surface area contributed by atoms with Gasteiger partial charge in [-0.25, -0.2) is 0 Å². The number of nitrogens with zero attached hydrogens (tertiary/aromatic N) is 2. The fraction of sp³-hybridized carbons (Fsp3) is 0.375. The first-order valence-corrected chi connectivity index (χ1v) is 10.5. The number of carbonyl (C=O) groups is 2. The lowest BCUT2D eigenvalue weighted by Gasteiger charge is -2.35. The Morgan fingerprint density at radius 2 is 2.03 bits per heavy atom. The Bertz CT molecular complexity index is 912. The van der Waals surface area contributed by atoms with Crippen molar-refractivity contribution in [1.82, 2.24) is 5.32 Å². The second-order valence-corrected chi connectivity index (χ2v) is 7.52. The Kier molecular flexibility index (Phi) is 7.58. The number of hydrogen-bond acceptors (Lipinski definition) is 4. The SMILES string of the molecule is CCC(=O)N(c1cccc(CCC(=O)Nc2ccc(C#N)cc2)c1)C1CCCNC1. The first-order chi connectivity index (χ1) is 14.6. The molecule has 1 heterocycles. The molecule has 1 saturated heterocycles. The van der Waals surface area contributed by atoms with E-state index >= 15 is 0 Å². The Labute approximate surface area is 177 Å². The van der Waals surface area contributed by atoms with Gasteiger partial charge in [0.25, 0.3) is 0 Å². The standard InChI is InChI=1S/C24H28N4O2/c1-2-24(30)28(22-7-4-14-26-17-22)21-6-3-5-18(15-21)10-13-23(29)27-20-11-8-19(16-25)9-12-20/h3,5-6,8-9,11-12,15,22,26H,2,4,7,10,13-14,17H2,1H3,(H,27,29). The van der Waals surface area contributed by atoms with Crippen molar-refractivity contribution >= 4 is 23.2 Å². The number of nitrogens with one attached hydrogen (secondary N) is 2. The van der Waals surface area contributed by atoms with Crippen molar-refractivity contribution in [3.63, 3.8) is 0 Å². The molecule has 1 aliphatic heterocycles. The molecule has 0 bridgehead atoms. The number of nitriles is 1. The van der Waals surface area contributed by atoms with Crippen LogP contribution in [-0.4, -0.2) is 30.9 Å². The van der Waals surface area contributed by atoms with E-state index in [2.05, 4.69) is 16.7 Å². The third-order valence-corrected chi connectivity index (χ3v) is 5.33. The number of benzene rings is 2. The van der Waals surface area contributed by atoms with E-state index in [1.54, 1.807) is 24.3 Å². The van der Waals surface area contributed by atoms with Crippen LogP contribution in [0.3, 0.4) is 0 Å². The molecule has 156 valence electrons. The van der Waals surface area contributed by atoms with Crippen molar-refractivity contribution in [3.05, 3.63) is 59.7 Å². The minimum Gasteiger partial charge on any atom is -0.326 e. The van der Waals surface area contributed by atoms with Crippen LogP contribution in [-0.2, 0) is 16.0 Å². The number of piperidine rings is 1. The molecule has 0 radical (unpaired) electrons. The number of hydrogen-bond donors (Lipinski definition) is 2. The third kappa shape index (κ3) is 5.68. The highest BCUT2D eigenvalue weighted by atomic mass is 16.2. The molecule has 1 atom stereocenters. The van der Waals surface area contributed by atoms with Crippen molar-refractivity contribution in [2.24, 2.45) is 0 Å². The van der Waals surface area contributed by atoms with Gasteiger partial charge in [0.05, 0.1) is 11.6 Å². The number of aryl methyl sites for hydroxylation is 1. The first kappa shape index (κ1) is 21.5. The predicted octanol–water partition coefficient (Wildman–Crippen LogP) is 3.62. The van der Waals surface area contributed by atoms with E-state index in [9.17, 15) is 9.59 Å². The summed E-state index contributed by atoms with van der Waals surface area (Å²) in [6.45, 7) is 3.70. The molecule has 2 aromatic rings. The van der Waals surface area contributed by atoms with Gasteiger partial charge in [-0.15, -0.1) is 0 Å². The molecular weight excluding hydrogens is 376 g/mol. The summed E-state index contributed by atoms with van der Waals surface area (Å²) in [6, 6.07) is 17.0. The van der Waals surface area contributed by atoms with E-state index in [0.29, 0.717) is 30.5 Å². The molecule has 2 amide bonds. The summed E-state index contributed by atoms with van der Waals surface area (Å²) >= 11 is 0. The lowest BCUT2D eigenvalue weighted by molar-refractivity contribution is -0.119. The van der Waals surface area contributed by atoms with Crippen LogP contribution >= 0.6 is 0 Å². The van der Waals surface area contributed by atoms with Gasteiger partial charge >= 0.3 is 0 Å². The zero-order valence-electron chi connectivity index (χ0n) is 17.4. The first-order valence-electron chi connectivity index (χ1n) is 10.5. The molecule has 0 spiro atoms. The molecule has 1 unspecified atom stereocenters. The van der Waals surface area contributed by atoms with Crippen LogP contribution in [0.1, 0.15) is 43.7 Å². The van der Waals surface area contributed by atoms with Gasteiger partial charge in [0.15, 0.2) is 0 Å². The van der Waals surface area contributed by atoms with Crippen molar-refractivity contribution < 1.29 is 9.59 Å². The minimum absolute atomic E-state index is 0.0805. The summed E-state index contributed by atoms with van der Waals surface area (Å²) in [5.41, 5.74) is 3.17. The minimum atomic E-state index is -0.0805. The van der Waals surface area contributed by atoms with Crippen LogP contribution in [0, 0.1) is 11.3 Å². The molecule has 1 aliphatic rings. The lowest BCUT2D eigenvalue weighted by atomic mass is 10.0. The van der Waals surface area contributed by atoms with E-state index < -0.39 is 0 Å². The Hall–Kier alpha value is -3.17. The van der Waals surface area contributed by atoms with Gasteiger partial charge in [-0.05, 0) is 67.8 Å². The van der Waals surface area contributed by atoms with Crippen LogP contribution in [0.25, 0.3) is 0 Å². The van der Waals surface area contributed by atoms with Gasteiger partial charge in [-0.1, -0.05) is 19.1 Å². The van der Waals surface area contributed by atoms with Crippen molar-refractivity contribution in [1.29, 1.82) is 5.26 Å². The molecule has 30 heavy (non-hydrogen) atoms. The van der Waals surface area contributed by atoms with Gasteiger partial charge in [0.1, 0.15) is 0 Å². The molecule has 2 N–H and O–H groups in total. The highest BCUT2D eigenvalue weighted by molar-refractivity contribution is 5.94. The van der Waals surface area contributed by atoms with E-state index in [-0.39, 0.29) is 17.9 Å². The molecule has 3 rings (SSSR count). The van der Waals surface area contributed by atoms with E-state index in [0.717, 1.165) is 37.2 Å². The normalized spacial score (nSPS) is 15.8. The van der Waals surface area contributed by atoms with E-state index in [4.69, 9.17) is 5.26 Å². The average Bonchev–Trinajstić information content (AvgIpc) is 2.79. The quantitative estimate of drug-likeness (QED) is 0.738. The Balaban J connectivity index is 1.64. The Morgan fingerprint density at radius 1 is 1.23 bits per heavy atom. The number of rotatable bonds is 7. The van der Waals surface area contributed by atoms with Crippen molar-refractivity contribution in [3.8, 4) is 6.07 Å². The molecule has 1 fully saturated rings. The Morgan fingerprint density at radius 3 is 2.70 bits per heavy atom. The van der Waals surface area contributed by atoms with Gasteiger partial charge in [0, 0.05) is 36.8 Å². The highest BCUT2D eigenvalue weighted by Gasteiger charge is 2.25. The summed E-state index contributed by atoms with van der Waals surface area (Å²) in [5, 5.41) is 15.1. The highest BCUT2D eigenvalue weighted by Crippen LogP contribution is 2.24. The monoisotopic (exact) mass is 404 g/mol. The maximum Gasteiger partial charge on any atom is 0.227 e. The molecule has 0 aliphatic carbocycles. The number of anilines is 2. The van der Waals surface area contributed by atoms with Crippen LogP contribution < -0.4 is 15.5 Å². The van der Waals surface area contributed by atoms with Gasteiger partial charge in [-0.3, -0.25) is 9.59 Å². The second-order valence-electron chi connectivity index (χ2n) is 7.52. The number of amides is 2. The van der Waals surface area contributed by atoms with Gasteiger partial charge in [0.2, 0.25) is 11.8 Å². The zero-order valence-corrected chi connectivity index (χ0v) is 17.4. The van der Waals surface area contributed by atoms with Crippen LogP contribution in [0.5, 0.6) is 0 Å². The lowest BCUT2D eigenvalue weighted by Crippen LogP contribution is -2.48. The topological polar surface area (TPSA) is 85.2 Å². The maximum absolute atomic E-state index is 12.7. The molecule has 6 heteroatoms. The zero-order chi connectivity index (χ0) is 21.3. The summed E-state index contributed by atoms with van der Waals surface area (Å²) in [7, 11) is 0. The molecule has 6 nitrogen and oxygen atoms in total. The third-order valence-electron chi connectivity index (χ3n) is 5.33. The van der Waals surface area contributed by atoms with Crippen LogP contribution in [0.4, 0.5) is 11.4 Å². The largest absolute Gasteiger partial charge is 0.326 e. The fourth-order valence-corrected chi connectivity index (χ4v) is 3.75. The predicted molar refractivity (Wildman–Crippen MR) is 118 cm³/mol. The molecule has 0 aromatic heterocycles. The smallest absolute Gasteiger partial charge is 0.227 e. The summed E-state index contributed by atoms with van der Waals surface area (Å²) in [5.74, 6) is 0.0440. The van der Waals surface area contributed by atoms with Crippen molar-refractivity contribution in [2.75, 3.05) is 23.3 Å². The summed E-state index contributed by atoms with van der Waals surface area (Å²) in [6.07, 6.45) is 3.46. The summed E-state index contributed by atoms with van der Waals surface area (Å²) in [4.78, 5) is 26.9. The van der Waals surface area contributed by atoms with Crippen molar-refractivity contribution in [2.45, 2.75) is 45.1 Å². The van der Waals surface area contributed by atoms with Gasteiger partial charge < -0.3 is 15.5 Å². The molecule has 0 saturated carbocycles. The van der Waals surface area contributed by atoms with E-state index in [1.807, 2.05) is 36.1 Å². The fourth-order valence-electron chi connectivity index (χ4n) is 3.75. The number of carbonyl (C=O) groups excluding carboxylic acids is 2. The van der Waals surface area contributed by atoms with E-state index in [1.165, 1.54) is 0 Å². The second kappa shape index (κ2) is 10.6. The summed E-state index contributed by atoms with van der Waals surface area (Å²) < 4.78 is 0. The van der Waals surface area contributed by atoms with Gasteiger partial charge in [-0.2, -0.15) is 5.26 Å². The molecular formula is C24H28N4O2.